The summed E-state index contributed by atoms with van der Waals surface area (Å²) >= 11 is 6.07. The van der Waals surface area contributed by atoms with Crippen LogP contribution in [0.4, 0.5) is 0 Å². The van der Waals surface area contributed by atoms with Crippen LogP contribution in [0.5, 0.6) is 0 Å². The molecule has 18 heavy (non-hydrogen) atoms. The SMILES string of the molecule is Clc1cc(C2CCCO2)nc(-c2ccccc2)n1. The van der Waals surface area contributed by atoms with Gasteiger partial charge in [-0.25, -0.2) is 9.97 Å². The second-order valence-corrected chi connectivity index (χ2v) is 4.69. The van der Waals surface area contributed by atoms with Gasteiger partial charge in [0.2, 0.25) is 0 Å². The normalized spacial score (nSPS) is 19.1. The Morgan fingerprint density at radius 1 is 1.17 bits per heavy atom. The lowest BCUT2D eigenvalue weighted by Crippen LogP contribution is -2.02. The van der Waals surface area contributed by atoms with Crippen LogP contribution in [0.2, 0.25) is 5.15 Å². The fourth-order valence-corrected chi connectivity index (χ4v) is 2.32. The summed E-state index contributed by atoms with van der Waals surface area (Å²) in [6.45, 7) is 0.799. The summed E-state index contributed by atoms with van der Waals surface area (Å²) in [6.07, 6.45) is 2.14. The third-order valence-corrected chi connectivity index (χ3v) is 3.20. The standard InChI is InChI=1S/C14H13ClN2O/c15-13-9-11(12-7-4-8-18-12)16-14(17-13)10-5-2-1-3-6-10/h1-3,5-6,9,12H,4,7-8H2. The monoisotopic (exact) mass is 260 g/mol. The predicted octanol–water partition coefficient (Wildman–Crippen LogP) is 3.65. The molecule has 0 bridgehead atoms. The molecule has 2 aromatic rings. The Bertz CT molecular complexity index is 539. The average molecular weight is 261 g/mol. The molecule has 92 valence electrons. The van der Waals surface area contributed by atoms with Gasteiger partial charge in [-0.2, -0.15) is 0 Å². The Hall–Kier alpha value is -1.45. The molecule has 3 nitrogen and oxygen atoms in total. The molecular formula is C14H13ClN2O. The summed E-state index contributed by atoms with van der Waals surface area (Å²) in [5.74, 6) is 0.661. The van der Waals surface area contributed by atoms with Crippen LogP contribution in [0.25, 0.3) is 11.4 Å². The Balaban J connectivity index is 2.00. The highest BCUT2D eigenvalue weighted by Gasteiger charge is 2.20. The van der Waals surface area contributed by atoms with Gasteiger partial charge in [0.15, 0.2) is 5.82 Å². The van der Waals surface area contributed by atoms with Gasteiger partial charge in [0, 0.05) is 12.2 Å². The highest BCUT2D eigenvalue weighted by molar-refractivity contribution is 6.29. The summed E-state index contributed by atoms with van der Waals surface area (Å²) in [6, 6.07) is 11.6. The van der Waals surface area contributed by atoms with Crippen LogP contribution in [0.15, 0.2) is 36.4 Å². The van der Waals surface area contributed by atoms with Crippen LogP contribution < -0.4 is 0 Å². The lowest BCUT2D eigenvalue weighted by atomic mass is 10.1. The Morgan fingerprint density at radius 2 is 2.00 bits per heavy atom. The molecule has 2 heterocycles. The number of rotatable bonds is 2. The first-order valence-corrected chi connectivity index (χ1v) is 6.42. The largest absolute Gasteiger partial charge is 0.372 e. The van der Waals surface area contributed by atoms with Crippen molar-refractivity contribution >= 4 is 11.6 Å². The van der Waals surface area contributed by atoms with E-state index in [0.29, 0.717) is 11.0 Å². The van der Waals surface area contributed by atoms with Crippen LogP contribution in [0.3, 0.4) is 0 Å². The van der Waals surface area contributed by atoms with Gasteiger partial charge >= 0.3 is 0 Å². The summed E-state index contributed by atoms with van der Waals surface area (Å²) < 4.78 is 5.64. The molecule has 1 aromatic carbocycles. The van der Waals surface area contributed by atoms with E-state index in [1.807, 2.05) is 30.3 Å². The van der Waals surface area contributed by atoms with Gasteiger partial charge in [-0.05, 0) is 18.9 Å². The van der Waals surface area contributed by atoms with Crippen molar-refractivity contribution in [3.05, 3.63) is 47.2 Å². The lowest BCUT2D eigenvalue weighted by Gasteiger charge is -2.10. The Labute approximate surface area is 111 Å². The van der Waals surface area contributed by atoms with E-state index in [4.69, 9.17) is 16.3 Å². The van der Waals surface area contributed by atoms with Crippen molar-refractivity contribution in [3.63, 3.8) is 0 Å². The lowest BCUT2D eigenvalue weighted by molar-refractivity contribution is 0.108. The van der Waals surface area contributed by atoms with Crippen LogP contribution in [-0.2, 0) is 4.74 Å². The van der Waals surface area contributed by atoms with E-state index in [9.17, 15) is 0 Å². The highest BCUT2D eigenvalue weighted by Crippen LogP contribution is 2.29. The van der Waals surface area contributed by atoms with Gasteiger partial charge in [0.1, 0.15) is 5.15 Å². The first kappa shape index (κ1) is 11.6. The molecule has 1 saturated heterocycles. The van der Waals surface area contributed by atoms with Gasteiger partial charge in [-0.1, -0.05) is 41.9 Å². The van der Waals surface area contributed by atoms with E-state index in [1.165, 1.54) is 0 Å². The molecular weight excluding hydrogens is 248 g/mol. The molecule has 1 fully saturated rings. The molecule has 3 rings (SSSR count). The van der Waals surface area contributed by atoms with Crippen molar-refractivity contribution in [2.75, 3.05) is 6.61 Å². The number of benzene rings is 1. The fraction of sp³-hybridized carbons (Fsp3) is 0.286. The van der Waals surface area contributed by atoms with Crippen LogP contribution in [0, 0.1) is 0 Å². The molecule has 4 heteroatoms. The van der Waals surface area contributed by atoms with Crippen molar-refractivity contribution in [2.45, 2.75) is 18.9 Å². The minimum atomic E-state index is 0.0629. The van der Waals surface area contributed by atoms with Crippen LogP contribution >= 0.6 is 11.6 Å². The number of hydrogen-bond donors (Lipinski definition) is 0. The minimum absolute atomic E-state index is 0.0629. The number of aromatic nitrogens is 2. The molecule has 0 spiro atoms. The molecule has 1 aliphatic heterocycles. The summed E-state index contributed by atoms with van der Waals surface area (Å²) in [4.78, 5) is 8.84. The van der Waals surface area contributed by atoms with E-state index in [2.05, 4.69) is 9.97 Å². The third kappa shape index (κ3) is 2.37. The van der Waals surface area contributed by atoms with Gasteiger partial charge in [0.25, 0.3) is 0 Å². The van der Waals surface area contributed by atoms with E-state index in [1.54, 1.807) is 6.07 Å². The second kappa shape index (κ2) is 5.04. The number of nitrogens with zero attached hydrogens (tertiary/aromatic N) is 2. The maximum atomic E-state index is 6.07. The molecule has 0 amide bonds. The van der Waals surface area contributed by atoms with Crippen molar-refractivity contribution < 1.29 is 4.74 Å². The van der Waals surface area contributed by atoms with Crippen molar-refractivity contribution in [1.29, 1.82) is 0 Å². The minimum Gasteiger partial charge on any atom is -0.372 e. The number of ether oxygens (including phenoxy) is 1. The first-order chi connectivity index (χ1) is 8.83. The zero-order valence-electron chi connectivity index (χ0n) is 9.84. The first-order valence-electron chi connectivity index (χ1n) is 6.04. The maximum absolute atomic E-state index is 6.07. The molecule has 1 aliphatic rings. The maximum Gasteiger partial charge on any atom is 0.161 e. The fourth-order valence-electron chi connectivity index (χ4n) is 2.13. The zero-order valence-corrected chi connectivity index (χ0v) is 10.6. The van der Waals surface area contributed by atoms with Gasteiger partial charge in [-0.3, -0.25) is 0 Å². The van der Waals surface area contributed by atoms with Gasteiger partial charge < -0.3 is 4.74 Å². The van der Waals surface area contributed by atoms with Crippen LogP contribution in [-0.4, -0.2) is 16.6 Å². The quantitative estimate of drug-likeness (QED) is 0.773. The van der Waals surface area contributed by atoms with Crippen molar-refractivity contribution in [2.24, 2.45) is 0 Å². The van der Waals surface area contributed by atoms with E-state index < -0.39 is 0 Å². The number of hydrogen-bond acceptors (Lipinski definition) is 3. The smallest absolute Gasteiger partial charge is 0.161 e. The predicted molar refractivity (Wildman–Crippen MR) is 70.4 cm³/mol. The molecule has 1 aromatic heterocycles. The molecule has 0 aliphatic carbocycles. The van der Waals surface area contributed by atoms with E-state index >= 15 is 0 Å². The molecule has 0 saturated carbocycles. The van der Waals surface area contributed by atoms with E-state index in [-0.39, 0.29) is 6.10 Å². The summed E-state index contributed by atoms with van der Waals surface area (Å²) in [7, 11) is 0. The Kier molecular flexibility index (Phi) is 3.26. The van der Waals surface area contributed by atoms with Crippen molar-refractivity contribution in [1.82, 2.24) is 9.97 Å². The van der Waals surface area contributed by atoms with Crippen molar-refractivity contribution in [3.8, 4) is 11.4 Å². The van der Waals surface area contributed by atoms with Gasteiger partial charge in [-0.15, -0.1) is 0 Å². The summed E-state index contributed by atoms with van der Waals surface area (Å²) in [5.41, 5.74) is 1.85. The van der Waals surface area contributed by atoms with E-state index in [0.717, 1.165) is 30.7 Å². The topological polar surface area (TPSA) is 35.0 Å². The van der Waals surface area contributed by atoms with Crippen LogP contribution in [0.1, 0.15) is 24.6 Å². The summed E-state index contributed by atoms with van der Waals surface area (Å²) in [5, 5.41) is 0.467. The highest BCUT2D eigenvalue weighted by atomic mass is 35.5. The van der Waals surface area contributed by atoms with Gasteiger partial charge in [0.05, 0.1) is 11.8 Å². The number of halogens is 1. The molecule has 1 atom stereocenters. The molecule has 1 unspecified atom stereocenters. The molecule has 0 N–H and O–H groups in total. The second-order valence-electron chi connectivity index (χ2n) is 4.31. The molecule has 0 radical (unpaired) electrons. The Morgan fingerprint density at radius 3 is 2.72 bits per heavy atom. The third-order valence-electron chi connectivity index (χ3n) is 3.01. The zero-order chi connectivity index (χ0) is 12.4. The average Bonchev–Trinajstić information content (AvgIpc) is 2.93.